The Hall–Kier alpha value is -2.59. The predicted molar refractivity (Wildman–Crippen MR) is 90.8 cm³/mol. The fraction of sp³-hybridized carbons (Fsp3) is 0.111. The van der Waals surface area contributed by atoms with Crippen LogP contribution in [-0.4, -0.2) is 10.9 Å². The Balaban J connectivity index is 1.84. The predicted octanol–water partition coefficient (Wildman–Crippen LogP) is 4.86. The summed E-state index contributed by atoms with van der Waals surface area (Å²) in [5, 5.41) is 3.42. The lowest BCUT2D eigenvalue weighted by atomic mass is 10.1. The molecule has 1 N–H and O–H groups in total. The van der Waals surface area contributed by atoms with E-state index in [1.54, 1.807) is 37.4 Å². The van der Waals surface area contributed by atoms with Gasteiger partial charge in [0.05, 0.1) is 5.56 Å². The molecule has 3 rings (SSSR count). The van der Waals surface area contributed by atoms with Crippen molar-refractivity contribution in [3.8, 4) is 11.3 Å². The maximum absolute atomic E-state index is 12.4. The molecular weight excluding hydrogens is 312 g/mol. The monoisotopic (exact) mass is 326 g/mol. The first-order valence-electron chi connectivity index (χ1n) is 7.13. The summed E-state index contributed by atoms with van der Waals surface area (Å²) in [7, 11) is 0. The van der Waals surface area contributed by atoms with E-state index in [-0.39, 0.29) is 5.91 Å². The second-order valence-electron chi connectivity index (χ2n) is 5.26. The molecular formula is C18H15ClN2O2. The first-order valence-corrected chi connectivity index (χ1v) is 7.51. The van der Waals surface area contributed by atoms with Crippen LogP contribution in [-0.2, 0) is 0 Å². The van der Waals surface area contributed by atoms with Gasteiger partial charge < -0.3 is 9.73 Å². The van der Waals surface area contributed by atoms with Crippen molar-refractivity contribution in [3.05, 3.63) is 70.6 Å². The largest absolute Gasteiger partial charge is 0.461 e. The zero-order valence-electron chi connectivity index (χ0n) is 12.8. The van der Waals surface area contributed by atoms with Crippen molar-refractivity contribution >= 4 is 23.3 Å². The van der Waals surface area contributed by atoms with E-state index in [0.717, 1.165) is 11.1 Å². The van der Waals surface area contributed by atoms with Crippen molar-refractivity contribution in [1.29, 1.82) is 0 Å². The van der Waals surface area contributed by atoms with Crippen LogP contribution >= 0.6 is 11.6 Å². The summed E-state index contributed by atoms with van der Waals surface area (Å²) in [4.78, 5) is 16.6. The van der Waals surface area contributed by atoms with Crippen molar-refractivity contribution < 1.29 is 9.21 Å². The zero-order chi connectivity index (χ0) is 16.4. The molecule has 1 amide bonds. The first kappa shape index (κ1) is 15.3. The Labute approximate surface area is 139 Å². The Morgan fingerprint density at radius 3 is 2.52 bits per heavy atom. The number of anilines is 1. The Bertz CT molecular complexity index is 836. The van der Waals surface area contributed by atoms with E-state index in [4.69, 9.17) is 16.0 Å². The molecule has 0 spiro atoms. The van der Waals surface area contributed by atoms with Crippen LogP contribution in [0.4, 0.5) is 5.82 Å². The number of aryl methyl sites for hydroxylation is 2. The standard InChI is InChI=1S/C18H15ClN2O2/c1-11-3-8-17(20-10-11)21-18(22)15-9-16(23-12(15)2)13-4-6-14(19)7-5-13/h3-10H,1-2H3,(H,20,21,22). The summed E-state index contributed by atoms with van der Waals surface area (Å²) in [5.41, 5.74) is 2.38. The third-order valence-corrected chi connectivity index (χ3v) is 3.70. The zero-order valence-corrected chi connectivity index (χ0v) is 13.5. The molecule has 0 unspecified atom stereocenters. The molecule has 5 heteroatoms. The van der Waals surface area contributed by atoms with Crippen LogP contribution in [0.3, 0.4) is 0 Å². The van der Waals surface area contributed by atoms with Crippen LogP contribution in [0.5, 0.6) is 0 Å². The van der Waals surface area contributed by atoms with Gasteiger partial charge in [-0.25, -0.2) is 4.98 Å². The fourth-order valence-electron chi connectivity index (χ4n) is 2.19. The highest BCUT2D eigenvalue weighted by Gasteiger charge is 2.16. The normalized spacial score (nSPS) is 10.6. The smallest absolute Gasteiger partial charge is 0.260 e. The third kappa shape index (κ3) is 3.43. The molecule has 3 aromatic rings. The van der Waals surface area contributed by atoms with E-state index >= 15 is 0 Å². The van der Waals surface area contributed by atoms with Crippen LogP contribution < -0.4 is 5.32 Å². The number of carbonyl (C=O) groups excluding carboxylic acids is 1. The van der Waals surface area contributed by atoms with Gasteiger partial charge in [0, 0.05) is 16.8 Å². The molecule has 0 aliphatic rings. The molecule has 0 aliphatic heterocycles. The second kappa shape index (κ2) is 6.26. The van der Waals surface area contributed by atoms with Crippen LogP contribution in [0.25, 0.3) is 11.3 Å². The van der Waals surface area contributed by atoms with E-state index in [9.17, 15) is 4.79 Å². The van der Waals surface area contributed by atoms with Crippen LogP contribution in [0.1, 0.15) is 21.7 Å². The second-order valence-corrected chi connectivity index (χ2v) is 5.70. The topological polar surface area (TPSA) is 55.1 Å². The van der Waals surface area contributed by atoms with E-state index < -0.39 is 0 Å². The Morgan fingerprint density at radius 2 is 1.87 bits per heavy atom. The summed E-state index contributed by atoms with van der Waals surface area (Å²) < 4.78 is 5.69. The van der Waals surface area contributed by atoms with E-state index in [1.807, 2.05) is 25.1 Å². The van der Waals surface area contributed by atoms with Gasteiger partial charge in [0.25, 0.3) is 5.91 Å². The number of furan rings is 1. The number of nitrogens with zero attached hydrogens (tertiary/aromatic N) is 1. The molecule has 23 heavy (non-hydrogen) atoms. The number of rotatable bonds is 3. The average Bonchev–Trinajstić information content (AvgIpc) is 2.92. The quantitative estimate of drug-likeness (QED) is 0.747. The minimum absolute atomic E-state index is 0.247. The number of nitrogens with one attached hydrogen (secondary N) is 1. The van der Waals surface area contributed by atoms with Crippen molar-refractivity contribution in [3.63, 3.8) is 0 Å². The molecule has 0 saturated carbocycles. The number of hydrogen-bond donors (Lipinski definition) is 1. The molecule has 0 radical (unpaired) electrons. The summed E-state index contributed by atoms with van der Waals surface area (Å²) >= 11 is 5.89. The number of pyridine rings is 1. The van der Waals surface area contributed by atoms with Crippen LogP contribution in [0.2, 0.25) is 5.02 Å². The van der Waals surface area contributed by atoms with Gasteiger partial charge in [-0.1, -0.05) is 17.7 Å². The van der Waals surface area contributed by atoms with Gasteiger partial charge in [0.15, 0.2) is 0 Å². The van der Waals surface area contributed by atoms with Gasteiger partial charge in [-0.3, -0.25) is 4.79 Å². The highest BCUT2D eigenvalue weighted by Crippen LogP contribution is 2.27. The van der Waals surface area contributed by atoms with Crippen molar-refractivity contribution in [2.45, 2.75) is 13.8 Å². The lowest BCUT2D eigenvalue weighted by Crippen LogP contribution is -2.13. The summed E-state index contributed by atoms with van der Waals surface area (Å²) in [6, 6.07) is 12.7. The molecule has 2 aromatic heterocycles. The number of amides is 1. The van der Waals surface area contributed by atoms with Gasteiger partial charge in [-0.15, -0.1) is 0 Å². The first-order chi connectivity index (χ1) is 11.0. The Kier molecular flexibility index (Phi) is 4.17. The highest BCUT2D eigenvalue weighted by molar-refractivity contribution is 6.30. The Morgan fingerprint density at radius 1 is 1.13 bits per heavy atom. The van der Waals surface area contributed by atoms with Crippen molar-refractivity contribution in [2.75, 3.05) is 5.32 Å². The molecule has 0 saturated heterocycles. The number of benzene rings is 1. The summed E-state index contributed by atoms with van der Waals surface area (Å²) in [6.07, 6.45) is 1.71. The molecule has 0 fully saturated rings. The molecule has 0 aliphatic carbocycles. The molecule has 2 heterocycles. The summed E-state index contributed by atoms with van der Waals surface area (Å²) in [5.74, 6) is 1.44. The van der Waals surface area contributed by atoms with Gasteiger partial charge in [0.1, 0.15) is 17.3 Å². The lowest BCUT2D eigenvalue weighted by Gasteiger charge is -2.03. The highest BCUT2D eigenvalue weighted by atomic mass is 35.5. The molecule has 116 valence electrons. The van der Waals surface area contributed by atoms with E-state index in [1.165, 1.54) is 0 Å². The minimum Gasteiger partial charge on any atom is -0.461 e. The minimum atomic E-state index is -0.247. The maximum Gasteiger partial charge on any atom is 0.260 e. The van der Waals surface area contributed by atoms with E-state index in [2.05, 4.69) is 10.3 Å². The van der Waals surface area contributed by atoms with Crippen molar-refractivity contribution in [1.82, 2.24) is 4.98 Å². The molecule has 1 aromatic carbocycles. The lowest BCUT2D eigenvalue weighted by molar-refractivity contribution is 0.102. The number of hydrogen-bond acceptors (Lipinski definition) is 3. The van der Waals surface area contributed by atoms with Gasteiger partial charge in [0.2, 0.25) is 0 Å². The number of halogens is 1. The third-order valence-electron chi connectivity index (χ3n) is 3.44. The molecule has 0 bridgehead atoms. The maximum atomic E-state index is 12.4. The molecule has 0 atom stereocenters. The van der Waals surface area contributed by atoms with Gasteiger partial charge in [-0.2, -0.15) is 0 Å². The number of aromatic nitrogens is 1. The SMILES string of the molecule is Cc1ccc(NC(=O)c2cc(-c3ccc(Cl)cc3)oc2C)nc1. The van der Waals surface area contributed by atoms with Crippen LogP contribution in [0, 0.1) is 13.8 Å². The fourth-order valence-corrected chi connectivity index (χ4v) is 2.32. The summed E-state index contributed by atoms with van der Waals surface area (Å²) in [6.45, 7) is 3.70. The van der Waals surface area contributed by atoms with Gasteiger partial charge in [-0.05, 0) is 55.8 Å². The van der Waals surface area contributed by atoms with E-state index in [0.29, 0.717) is 27.9 Å². The molecule has 4 nitrogen and oxygen atoms in total. The van der Waals surface area contributed by atoms with Crippen LogP contribution in [0.15, 0.2) is 53.1 Å². The van der Waals surface area contributed by atoms with Crippen molar-refractivity contribution in [2.24, 2.45) is 0 Å². The number of carbonyl (C=O) groups is 1. The van der Waals surface area contributed by atoms with Gasteiger partial charge >= 0.3 is 0 Å². The average molecular weight is 327 g/mol.